The highest BCUT2D eigenvalue weighted by atomic mass is 16.5. The fraction of sp³-hybridized carbons (Fsp3) is 0.407. The number of hydrogen-bond donors (Lipinski definition) is 1. The highest BCUT2D eigenvalue weighted by Gasteiger charge is 2.47. The molecule has 2 heterocycles. The highest BCUT2D eigenvalue weighted by molar-refractivity contribution is 6.03. The van der Waals surface area contributed by atoms with E-state index < -0.39 is 5.54 Å². The van der Waals surface area contributed by atoms with Gasteiger partial charge in [0.1, 0.15) is 11.2 Å². The smallest absolute Gasteiger partial charge is 0.271 e. The molecule has 1 aliphatic rings. The number of carbonyl (C=O) groups is 2. The second-order valence-corrected chi connectivity index (χ2v) is 9.30. The number of ether oxygens (including phenoxy) is 1. The molecule has 0 spiro atoms. The Hall–Kier alpha value is -3.12. The van der Waals surface area contributed by atoms with Crippen LogP contribution in [-0.2, 0) is 22.6 Å². The largest absolute Gasteiger partial charge is 0.379 e. The van der Waals surface area contributed by atoms with Crippen LogP contribution < -0.4 is 5.32 Å². The van der Waals surface area contributed by atoms with Crippen LogP contribution in [-0.4, -0.2) is 46.1 Å². The zero-order valence-electron chi connectivity index (χ0n) is 19.9. The molecule has 1 aliphatic heterocycles. The summed E-state index contributed by atoms with van der Waals surface area (Å²) in [6.45, 7) is 9.79. The Bertz CT molecular complexity index is 1170. The summed E-state index contributed by atoms with van der Waals surface area (Å²) in [5, 5.41) is 4.07. The van der Waals surface area contributed by atoms with Crippen molar-refractivity contribution in [3.63, 3.8) is 0 Å². The Morgan fingerprint density at radius 1 is 1.15 bits per heavy atom. The average molecular weight is 448 g/mol. The van der Waals surface area contributed by atoms with Gasteiger partial charge in [-0.1, -0.05) is 42.5 Å². The van der Waals surface area contributed by atoms with Crippen molar-refractivity contribution < 1.29 is 14.3 Å². The Morgan fingerprint density at radius 2 is 1.88 bits per heavy atom. The molecule has 0 unspecified atom stereocenters. The van der Waals surface area contributed by atoms with Gasteiger partial charge < -0.3 is 19.5 Å². The molecule has 0 saturated carbocycles. The molecule has 3 aromatic rings. The molecule has 6 nitrogen and oxygen atoms in total. The topological polar surface area (TPSA) is 63.6 Å². The van der Waals surface area contributed by atoms with Gasteiger partial charge in [0.25, 0.3) is 5.91 Å². The fourth-order valence-corrected chi connectivity index (χ4v) is 4.50. The van der Waals surface area contributed by atoms with Crippen LogP contribution in [0.3, 0.4) is 0 Å². The molecule has 1 N–H and O–H groups in total. The first-order chi connectivity index (χ1) is 15.8. The van der Waals surface area contributed by atoms with Crippen molar-refractivity contribution in [2.45, 2.75) is 58.8 Å². The molecule has 2 aromatic carbocycles. The summed E-state index contributed by atoms with van der Waals surface area (Å²) in [4.78, 5) is 29.1. The molecule has 174 valence electrons. The van der Waals surface area contributed by atoms with Gasteiger partial charge in [-0.2, -0.15) is 0 Å². The summed E-state index contributed by atoms with van der Waals surface area (Å²) < 4.78 is 7.58. The maximum Gasteiger partial charge on any atom is 0.271 e. The number of fused-ring (bicyclic) bond motifs is 3. The number of para-hydroxylation sites is 1. The van der Waals surface area contributed by atoms with E-state index in [1.54, 1.807) is 4.90 Å². The van der Waals surface area contributed by atoms with E-state index in [-0.39, 0.29) is 17.9 Å². The first-order valence-electron chi connectivity index (χ1n) is 11.7. The number of hydrogen-bond acceptors (Lipinski definition) is 3. The molecule has 0 fully saturated rings. The van der Waals surface area contributed by atoms with E-state index in [9.17, 15) is 9.59 Å². The predicted molar refractivity (Wildman–Crippen MR) is 130 cm³/mol. The number of amides is 2. The number of aryl methyl sites for hydroxylation is 1. The molecule has 4 rings (SSSR count). The summed E-state index contributed by atoms with van der Waals surface area (Å²) in [5.41, 5.74) is 2.72. The third kappa shape index (κ3) is 4.53. The lowest BCUT2D eigenvalue weighted by Crippen LogP contribution is -2.63. The maximum atomic E-state index is 13.8. The van der Waals surface area contributed by atoms with Crippen molar-refractivity contribution in [1.82, 2.24) is 14.8 Å². The molecule has 1 aromatic heterocycles. The van der Waals surface area contributed by atoms with Crippen LogP contribution in [0.15, 0.2) is 54.6 Å². The van der Waals surface area contributed by atoms with Crippen LogP contribution in [0.1, 0.15) is 48.8 Å². The van der Waals surface area contributed by atoms with Gasteiger partial charge in [0.15, 0.2) is 0 Å². The van der Waals surface area contributed by atoms with Gasteiger partial charge in [-0.25, -0.2) is 0 Å². The summed E-state index contributed by atoms with van der Waals surface area (Å²) in [6, 6.07) is 17.9. The Morgan fingerprint density at radius 3 is 2.64 bits per heavy atom. The number of carbonyl (C=O) groups excluding carboxylic acids is 2. The minimum atomic E-state index is -1.02. The van der Waals surface area contributed by atoms with Gasteiger partial charge in [0.2, 0.25) is 5.91 Å². The van der Waals surface area contributed by atoms with Crippen molar-refractivity contribution in [1.29, 1.82) is 0 Å². The molecular weight excluding hydrogens is 414 g/mol. The van der Waals surface area contributed by atoms with Crippen molar-refractivity contribution in [2.75, 3.05) is 13.2 Å². The monoisotopic (exact) mass is 447 g/mol. The Labute approximate surface area is 195 Å². The third-order valence-corrected chi connectivity index (χ3v) is 6.47. The molecule has 0 aliphatic carbocycles. The lowest BCUT2D eigenvalue weighted by Gasteiger charge is -2.44. The van der Waals surface area contributed by atoms with Gasteiger partial charge in [0, 0.05) is 30.6 Å². The molecule has 2 amide bonds. The number of rotatable bonds is 8. The first-order valence-corrected chi connectivity index (χ1v) is 11.7. The summed E-state index contributed by atoms with van der Waals surface area (Å²) in [7, 11) is 0. The van der Waals surface area contributed by atoms with Crippen LogP contribution in [0.2, 0.25) is 0 Å². The molecule has 0 bridgehead atoms. The van der Waals surface area contributed by atoms with Crippen molar-refractivity contribution in [3.05, 3.63) is 71.4 Å². The van der Waals surface area contributed by atoms with Crippen LogP contribution >= 0.6 is 0 Å². The van der Waals surface area contributed by atoms with Crippen LogP contribution in [0.25, 0.3) is 10.9 Å². The molecular formula is C27H33N3O3. The van der Waals surface area contributed by atoms with E-state index in [1.165, 1.54) is 0 Å². The zero-order valence-corrected chi connectivity index (χ0v) is 19.9. The van der Waals surface area contributed by atoms with E-state index in [4.69, 9.17) is 4.74 Å². The molecule has 0 radical (unpaired) electrons. The van der Waals surface area contributed by atoms with Crippen molar-refractivity contribution >= 4 is 22.7 Å². The molecule has 6 heteroatoms. The fourth-order valence-electron chi connectivity index (χ4n) is 4.50. The van der Waals surface area contributed by atoms with E-state index in [0.717, 1.165) is 28.5 Å². The van der Waals surface area contributed by atoms with Crippen molar-refractivity contribution in [3.8, 4) is 0 Å². The normalized spacial score (nSPS) is 18.1. The van der Waals surface area contributed by atoms with E-state index in [1.807, 2.05) is 86.9 Å². The number of aromatic nitrogens is 1. The lowest BCUT2D eigenvalue weighted by molar-refractivity contribution is -0.133. The van der Waals surface area contributed by atoms with Crippen LogP contribution in [0.5, 0.6) is 0 Å². The first kappa shape index (κ1) is 23.1. The van der Waals surface area contributed by atoms with Crippen LogP contribution in [0.4, 0.5) is 0 Å². The van der Waals surface area contributed by atoms with Gasteiger partial charge in [-0.3, -0.25) is 9.59 Å². The van der Waals surface area contributed by atoms with Gasteiger partial charge in [-0.15, -0.1) is 0 Å². The van der Waals surface area contributed by atoms with Gasteiger partial charge >= 0.3 is 0 Å². The van der Waals surface area contributed by atoms with Crippen molar-refractivity contribution in [2.24, 2.45) is 0 Å². The van der Waals surface area contributed by atoms with Gasteiger partial charge in [-0.05, 0) is 57.4 Å². The SMILES string of the molecule is Cc1ccccc1CN1C(=O)c2cc3ccccc3n2C[C@@]1(C)C(=O)NCCCOC(C)C. The predicted octanol–water partition coefficient (Wildman–Crippen LogP) is 4.30. The van der Waals surface area contributed by atoms with E-state index in [2.05, 4.69) is 5.32 Å². The third-order valence-electron chi connectivity index (χ3n) is 6.47. The van der Waals surface area contributed by atoms with E-state index in [0.29, 0.717) is 31.9 Å². The Kier molecular flexibility index (Phi) is 6.56. The number of nitrogens with one attached hydrogen (secondary N) is 1. The molecule has 0 saturated heterocycles. The van der Waals surface area contributed by atoms with Crippen LogP contribution in [0, 0.1) is 6.92 Å². The number of benzene rings is 2. The standard InChI is InChI=1S/C27H33N3O3/c1-19(2)33-15-9-14-28-26(32)27(4)18-29-23-13-8-7-11-21(23)16-24(29)25(31)30(27)17-22-12-6-5-10-20(22)3/h5-8,10-13,16,19H,9,14-15,17-18H2,1-4H3,(H,28,32)/t27-/m0/s1. The average Bonchev–Trinajstić information content (AvgIpc) is 3.15. The summed E-state index contributed by atoms with van der Waals surface area (Å²) in [6.07, 6.45) is 0.892. The molecule has 33 heavy (non-hydrogen) atoms. The second kappa shape index (κ2) is 9.40. The molecule has 1 atom stereocenters. The zero-order chi connectivity index (χ0) is 23.6. The number of nitrogens with zero attached hydrogens (tertiary/aromatic N) is 2. The maximum absolute atomic E-state index is 13.8. The highest BCUT2D eigenvalue weighted by Crippen LogP contribution is 2.33. The minimum absolute atomic E-state index is 0.124. The quantitative estimate of drug-likeness (QED) is 0.524. The summed E-state index contributed by atoms with van der Waals surface area (Å²) in [5.74, 6) is -0.265. The summed E-state index contributed by atoms with van der Waals surface area (Å²) >= 11 is 0. The second-order valence-electron chi connectivity index (χ2n) is 9.30. The lowest BCUT2D eigenvalue weighted by atomic mass is 9.93. The Balaban J connectivity index is 1.66. The van der Waals surface area contributed by atoms with E-state index >= 15 is 0 Å². The van der Waals surface area contributed by atoms with Gasteiger partial charge in [0.05, 0.1) is 12.6 Å². The minimum Gasteiger partial charge on any atom is -0.379 e.